The molecule has 0 saturated carbocycles. The molecule has 6 heteroatoms. The number of ether oxygens (including phenoxy) is 1. The summed E-state index contributed by atoms with van der Waals surface area (Å²) in [6, 6.07) is 17.1. The quantitative estimate of drug-likeness (QED) is 0.436. The van der Waals surface area contributed by atoms with Crippen molar-refractivity contribution in [2.75, 3.05) is 17.2 Å². The lowest BCUT2D eigenvalue weighted by Crippen LogP contribution is -2.20. The number of carbonyl (C=O) groups is 1. The molecule has 3 aromatic rings. The molecule has 2 N–H and O–H groups in total. The van der Waals surface area contributed by atoms with Crippen molar-refractivity contribution in [3.8, 4) is 5.75 Å². The summed E-state index contributed by atoms with van der Waals surface area (Å²) in [6.07, 6.45) is 0. The van der Waals surface area contributed by atoms with Crippen molar-refractivity contribution in [1.29, 1.82) is 0 Å². The van der Waals surface area contributed by atoms with Crippen LogP contribution in [0.25, 0.3) is 0 Å². The smallest absolute Gasteiger partial charge is 0.262 e. The van der Waals surface area contributed by atoms with Gasteiger partial charge in [-0.1, -0.05) is 47.5 Å². The van der Waals surface area contributed by atoms with Crippen LogP contribution in [0.5, 0.6) is 5.75 Å². The molecule has 156 valence electrons. The predicted molar refractivity (Wildman–Crippen MR) is 125 cm³/mol. The van der Waals surface area contributed by atoms with E-state index in [2.05, 4.69) is 10.6 Å². The summed E-state index contributed by atoms with van der Waals surface area (Å²) in [5.74, 6) is 0.233. The topological polar surface area (TPSA) is 50.4 Å². The summed E-state index contributed by atoms with van der Waals surface area (Å²) in [5, 5.41) is 7.36. The van der Waals surface area contributed by atoms with Crippen molar-refractivity contribution >= 4 is 40.5 Å². The summed E-state index contributed by atoms with van der Waals surface area (Å²) >= 11 is 12.5. The van der Waals surface area contributed by atoms with Crippen molar-refractivity contribution in [1.82, 2.24) is 0 Å². The highest BCUT2D eigenvalue weighted by molar-refractivity contribution is 6.32. The maximum atomic E-state index is 12.2. The van der Waals surface area contributed by atoms with Crippen LogP contribution in [0, 0.1) is 20.8 Å². The highest BCUT2D eigenvalue weighted by atomic mass is 35.5. The van der Waals surface area contributed by atoms with Gasteiger partial charge in [-0.3, -0.25) is 4.79 Å². The van der Waals surface area contributed by atoms with Gasteiger partial charge in [0.05, 0.1) is 5.02 Å². The zero-order chi connectivity index (χ0) is 21.7. The molecule has 0 fully saturated rings. The fraction of sp³-hybridized carbons (Fsp3) is 0.208. The van der Waals surface area contributed by atoms with Crippen molar-refractivity contribution < 1.29 is 9.53 Å². The molecule has 30 heavy (non-hydrogen) atoms. The lowest BCUT2D eigenvalue weighted by Gasteiger charge is -2.13. The van der Waals surface area contributed by atoms with Gasteiger partial charge in [0.1, 0.15) is 5.75 Å². The number of aryl methyl sites for hydroxylation is 2. The van der Waals surface area contributed by atoms with Gasteiger partial charge in [0.2, 0.25) is 0 Å². The number of halogens is 2. The highest BCUT2D eigenvalue weighted by Crippen LogP contribution is 2.27. The van der Waals surface area contributed by atoms with Crippen LogP contribution in [0.4, 0.5) is 11.4 Å². The van der Waals surface area contributed by atoms with E-state index in [1.165, 1.54) is 0 Å². The first-order chi connectivity index (χ1) is 14.3. The number of hydrogen-bond donors (Lipinski definition) is 2. The van der Waals surface area contributed by atoms with Crippen LogP contribution < -0.4 is 15.4 Å². The molecule has 0 radical (unpaired) electrons. The third-order valence-corrected chi connectivity index (χ3v) is 5.60. The molecule has 0 unspecified atom stereocenters. The van der Waals surface area contributed by atoms with Gasteiger partial charge in [-0.05, 0) is 73.4 Å². The molecule has 0 saturated heterocycles. The maximum absolute atomic E-state index is 12.2. The van der Waals surface area contributed by atoms with Crippen LogP contribution in [0.2, 0.25) is 10.0 Å². The Morgan fingerprint density at radius 3 is 2.47 bits per heavy atom. The van der Waals surface area contributed by atoms with E-state index >= 15 is 0 Å². The molecule has 1 amide bonds. The zero-order valence-corrected chi connectivity index (χ0v) is 18.7. The van der Waals surface area contributed by atoms with Crippen LogP contribution in [0.1, 0.15) is 22.3 Å². The SMILES string of the molecule is Cc1ccc(NCc2ccc(OCC(=O)Nc3cccc(C)c3C)c(Cl)c2)cc1Cl. The Hall–Kier alpha value is -2.69. The second-order valence-corrected chi connectivity index (χ2v) is 7.98. The second-order valence-electron chi connectivity index (χ2n) is 7.17. The first-order valence-electron chi connectivity index (χ1n) is 9.61. The Morgan fingerprint density at radius 1 is 0.933 bits per heavy atom. The molecule has 0 aliphatic carbocycles. The minimum absolute atomic E-state index is 0.118. The summed E-state index contributed by atoms with van der Waals surface area (Å²) in [6.45, 7) is 6.41. The minimum Gasteiger partial charge on any atom is -0.482 e. The van der Waals surface area contributed by atoms with E-state index in [1.54, 1.807) is 6.07 Å². The Kier molecular flexibility index (Phi) is 7.24. The van der Waals surface area contributed by atoms with Crippen LogP contribution in [0.15, 0.2) is 54.6 Å². The maximum Gasteiger partial charge on any atom is 0.262 e. The summed E-state index contributed by atoms with van der Waals surface area (Å²) in [5.41, 5.74) is 5.90. The van der Waals surface area contributed by atoms with Crippen molar-refractivity contribution in [2.24, 2.45) is 0 Å². The Morgan fingerprint density at radius 2 is 1.73 bits per heavy atom. The lowest BCUT2D eigenvalue weighted by molar-refractivity contribution is -0.118. The van der Waals surface area contributed by atoms with Gasteiger partial charge >= 0.3 is 0 Å². The molecular weight excluding hydrogens is 419 g/mol. The number of amides is 1. The minimum atomic E-state index is -0.234. The fourth-order valence-electron chi connectivity index (χ4n) is 2.89. The summed E-state index contributed by atoms with van der Waals surface area (Å²) in [7, 11) is 0. The van der Waals surface area contributed by atoms with Gasteiger partial charge in [0, 0.05) is 22.9 Å². The first-order valence-corrected chi connectivity index (χ1v) is 10.4. The van der Waals surface area contributed by atoms with Crippen LogP contribution >= 0.6 is 23.2 Å². The number of rotatable bonds is 7. The van der Waals surface area contributed by atoms with Gasteiger partial charge in [-0.25, -0.2) is 0 Å². The van der Waals surface area contributed by atoms with E-state index in [-0.39, 0.29) is 12.5 Å². The molecule has 4 nitrogen and oxygen atoms in total. The largest absolute Gasteiger partial charge is 0.482 e. The number of carbonyl (C=O) groups excluding carboxylic acids is 1. The third-order valence-electron chi connectivity index (χ3n) is 4.90. The molecule has 0 aliphatic rings. The number of anilines is 2. The average molecular weight is 443 g/mol. The van der Waals surface area contributed by atoms with E-state index in [4.69, 9.17) is 27.9 Å². The number of hydrogen-bond acceptors (Lipinski definition) is 3. The van der Waals surface area contributed by atoms with Crippen molar-refractivity contribution in [3.05, 3.63) is 86.9 Å². The fourth-order valence-corrected chi connectivity index (χ4v) is 3.33. The monoisotopic (exact) mass is 442 g/mol. The molecule has 0 aliphatic heterocycles. The van der Waals surface area contributed by atoms with Crippen molar-refractivity contribution in [3.63, 3.8) is 0 Å². The van der Waals surface area contributed by atoms with E-state index in [1.807, 2.05) is 69.3 Å². The first kappa shape index (κ1) is 22.0. The van der Waals surface area contributed by atoms with Gasteiger partial charge in [0.15, 0.2) is 6.61 Å². The summed E-state index contributed by atoms with van der Waals surface area (Å²) < 4.78 is 5.61. The standard InChI is InChI=1S/C24H24Cl2N2O2/c1-15-5-4-6-22(17(15)3)28-24(29)14-30-23-10-8-18(11-21(23)26)13-27-19-9-7-16(2)20(25)12-19/h4-12,27H,13-14H2,1-3H3,(H,28,29). The molecule has 0 bridgehead atoms. The molecule has 0 spiro atoms. The molecule has 3 rings (SSSR count). The Labute approximate surface area is 187 Å². The van der Waals surface area contributed by atoms with E-state index in [0.29, 0.717) is 17.3 Å². The predicted octanol–water partition coefficient (Wildman–Crippen LogP) is 6.55. The van der Waals surface area contributed by atoms with Crippen molar-refractivity contribution in [2.45, 2.75) is 27.3 Å². The van der Waals surface area contributed by atoms with Gasteiger partial charge < -0.3 is 15.4 Å². The number of benzene rings is 3. The van der Waals surface area contributed by atoms with Gasteiger partial charge in [-0.15, -0.1) is 0 Å². The van der Waals surface area contributed by atoms with Crippen LogP contribution in [0.3, 0.4) is 0 Å². The van der Waals surface area contributed by atoms with E-state index in [0.717, 1.165) is 38.7 Å². The Balaban J connectivity index is 1.55. The van der Waals surface area contributed by atoms with Gasteiger partial charge in [-0.2, -0.15) is 0 Å². The molecule has 0 heterocycles. The van der Waals surface area contributed by atoms with E-state index < -0.39 is 0 Å². The lowest BCUT2D eigenvalue weighted by atomic mass is 10.1. The van der Waals surface area contributed by atoms with Gasteiger partial charge in [0.25, 0.3) is 5.91 Å². The molecule has 0 aromatic heterocycles. The second kappa shape index (κ2) is 9.88. The highest BCUT2D eigenvalue weighted by Gasteiger charge is 2.09. The molecular formula is C24H24Cl2N2O2. The third kappa shape index (κ3) is 5.68. The van der Waals surface area contributed by atoms with E-state index in [9.17, 15) is 4.79 Å². The van der Waals surface area contributed by atoms with Crippen LogP contribution in [-0.2, 0) is 11.3 Å². The molecule has 0 atom stereocenters. The zero-order valence-electron chi connectivity index (χ0n) is 17.2. The molecule has 3 aromatic carbocycles. The number of nitrogens with one attached hydrogen (secondary N) is 2. The Bertz CT molecular complexity index is 1070. The van der Waals surface area contributed by atoms with Crippen LogP contribution in [-0.4, -0.2) is 12.5 Å². The normalized spacial score (nSPS) is 10.6. The average Bonchev–Trinajstić information content (AvgIpc) is 2.71. The summed E-state index contributed by atoms with van der Waals surface area (Å²) in [4.78, 5) is 12.2.